The van der Waals surface area contributed by atoms with Gasteiger partial charge in [-0.15, -0.1) is 0 Å². The molecule has 0 spiro atoms. The number of hydrazone groups is 1. The number of piperazine rings is 1. The third-order valence-corrected chi connectivity index (χ3v) is 6.92. The van der Waals surface area contributed by atoms with Gasteiger partial charge in [0.2, 0.25) is 0 Å². The van der Waals surface area contributed by atoms with Crippen molar-refractivity contribution in [2.75, 3.05) is 39.8 Å². The van der Waals surface area contributed by atoms with Crippen LogP contribution in [0.1, 0.15) is 29.2 Å². The summed E-state index contributed by atoms with van der Waals surface area (Å²) in [7, 11) is 1.63. The highest BCUT2D eigenvalue weighted by Crippen LogP contribution is 2.34. The average molecular weight is 487 g/mol. The summed E-state index contributed by atoms with van der Waals surface area (Å²) in [5, 5.41) is 6.36. The molecule has 0 unspecified atom stereocenters. The van der Waals surface area contributed by atoms with Crippen LogP contribution >= 0.6 is 0 Å². The molecule has 1 atom stereocenters. The smallest absolute Gasteiger partial charge is 0.257 e. The number of benzene rings is 3. The summed E-state index contributed by atoms with van der Waals surface area (Å²) in [6.07, 6.45) is 0.578. The Kier molecular flexibility index (Phi) is 7.39. The maximum Gasteiger partial charge on any atom is 0.257 e. The molecule has 1 amide bonds. The van der Waals surface area contributed by atoms with Crippen molar-refractivity contribution in [3.05, 3.63) is 101 Å². The van der Waals surface area contributed by atoms with Gasteiger partial charge in [0, 0.05) is 39.1 Å². The summed E-state index contributed by atoms with van der Waals surface area (Å²) >= 11 is 0. The Morgan fingerprint density at radius 1 is 0.917 bits per heavy atom. The molecule has 186 valence electrons. The van der Waals surface area contributed by atoms with E-state index in [9.17, 15) is 9.18 Å². The Bertz CT molecular complexity index is 1190. The number of ether oxygens (including phenoxy) is 1. The molecular formula is C29H31FN4O2. The lowest BCUT2D eigenvalue weighted by Crippen LogP contribution is -2.49. The van der Waals surface area contributed by atoms with E-state index in [-0.39, 0.29) is 17.8 Å². The molecule has 1 fully saturated rings. The standard InChI is InChI=1S/C29H31FN4O2/c1-36-26-13-9-24(10-14-26)28-19-27(23-7-11-25(30)12-8-23)31-34(28)29(35)21-33-17-15-32(16-18-33)20-22-5-3-2-4-6-22/h2-14,28H,15-21H2,1H3/t28-/m1/s1. The maximum atomic E-state index is 13.5. The van der Waals surface area contributed by atoms with Crippen LogP contribution in [0.5, 0.6) is 5.75 Å². The average Bonchev–Trinajstić information content (AvgIpc) is 3.37. The van der Waals surface area contributed by atoms with Crippen LogP contribution in [0.25, 0.3) is 0 Å². The molecule has 1 saturated heterocycles. The quantitative estimate of drug-likeness (QED) is 0.499. The van der Waals surface area contributed by atoms with Gasteiger partial charge in [0.25, 0.3) is 5.91 Å². The molecule has 0 radical (unpaired) electrons. The number of carbonyl (C=O) groups is 1. The highest BCUT2D eigenvalue weighted by molar-refractivity contribution is 6.03. The van der Waals surface area contributed by atoms with E-state index in [1.165, 1.54) is 17.7 Å². The van der Waals surface area contributed by atoms with Gasteiger partial charge >= 0.3 is 0 Å². The predicted molar refractivity (Wildman–Crippen MR) is 138 cm³/mol. The molecule has 0 aromatic heterocycles. The van der Waals surface area contributed by atoms with Gasteiger partial charge in [-0.25, -0.2) is 9.40 Å². The second-order valence-corrected chi connectivity index (χ2v) is 9.32. The van der Waals surface area contributed by atoms with Gasteiger partial charge in [-0.05, 0) is 41.0 Å². The van der Waals surface area contributed by atoms with Crippen LogP contribution in [0.4, 0.5) is 4.39 Å². The van der Waals surface area contributed by atoms with E-state index in [0.717, 1.165) is 55.3 Å². The molecule has 0 bridgehead atoms. The summed E-state index contributed by atoms with van der Waals surface area (Å²) in [4.78, 5) is 18.1. The van der Waals surface area contributed by atoms with Gasteiger partial charge in [-0.2, -0.15) is 5.10 Å². The predicted octanol–water partition coefficient (Wildman–Crippen LogP) is 4.33. The molecule has 2 heterocycles. The molecule has 5 rings (SSSR count). The zero-order chi connectivity index (χ0) is 24.9. The number of methoxy groups -OCH3 is 1. The molecule has 2 aliphatic heterocycles. The number of hydrogen-bond donors (Lipinski definition) is 0. The lowest BCUT2D eigenvalue weighted by Gasteiger charge is -2.35. The van der Waals surface area contributed by atoms with Crippen molar-refractivity contribution in [3.8, 4) is 5.75 Å². The van der Waals surface area contributed by atoms with Gasteiger partial charge in [-0.1, -0.05) is 54.6 Å². The van der Waals surface area contributed by atoms with Crippen molar-refractivity contribution in [1.82, 2.24) is 14.8 Å². The third kappa shape index (κ3) is 5.64. The number of hydrogen-bond acceptors (Lipinski definition) is 5. The number of amides is 1. The zero-order valence-electron chi connectivity index (χ0n) is 20.5. The molecule has 0 N–H and O–H groups in total. The number of halogens is 1. The van der Waals surface area contributed by atoms with E-state index in [1.54, 1.807) is 24.3 Å². The molecule has 3 aromatic carbocycles. The highest BCUT2D eigenvalue weighted by Gasteiger charge is 2.34. The summed E-state index contributed by atoms with van der Waals surface area (Å²) in [5.74, 6) is 0.454. The Balaban J connectivity index is 1.27. The number of rotatable bonds is 7. The molecule has 2 aliphatic rings. The SMILES string of the molecule is COc1ccc([C@H]2CC(c3ccc(F)cc3)=NN2C(=O)CN2CCN(Cc3ccccc3)CC2)cc1. The fraction of sp³-hybridized carbons (Fsp3) is 0.310. The molecular weight excluding hydrogens is 455 g/mol. The van der Waals surface area contributed by atoms with E-state index in [1.807, 2.05) is 30.3 Å². The van der Waals surface area contributed by atoms with Crippen LogP contribution in [0.15, 0.2) is 84.0 Å². The van der Waals surface area contributed by atoms with Crippen molar-refractivity contribution in [2.45, 2.75) is 19.0 Å². The Morgan fingerprint density at radius 2 is 1.58 bits per heavy atom. The number of nitrogens with zero attached hydrogens (tertiary/aromatic N) is 4. The van der Waals surface area contributed by atoms with Gasteiger partial charge in [0.1, 0.15) is 11.6 Å². The van der Waals surface area contributed by atoms with E-state index in [0.29, 0.717) is 13.0 Å². The van der Waals surface area contributed by atoms with Crippen molar-refractivity contribution >= 4 is 11.6 Å². The molecule has 7 heteroatoms. The number of carbonyl (C=O) groups excluding carboxylic acids is 1. The van der Waals surface area contributed by atoms with Crippen LogP contribution < -0.4 is 4.74 Å². The lowest BCUT2D eigenvalue weighted by molar-refractivity contribution is -0.134. The van der Waals surface area contributed by atoms with Gasteiger partial charge < -0.3 is 4.74 Å². The van der Waals surface area contributed by atoms with E-state index in [2.05, 4.69) is 34.1 Å². The monoisotopic (exact) mass is 486 g/mol. The first-order valence-corrected chi connectivity index (χ1v) is 12.4. The molecule has 36 heavy (non-hydrogen) atoms. The Labute approximate surface area is 211 Å². The van der Waals surface area contributed by atoms with Crippen LogP contribution in [-0.2, 0) is 11.3 Å². The van der Waals surface area contributed by atoms with E-state index >= 15 is 0 Å². The minimum Gasteiger partial charge on any atom is -0.497 e. The van der Waals surface area contributed by atoms with Crippen molar-refractivity contribution in [2.24, 2.45) is 5.10 Å². The molecule has 0 saturated carbocycles. The second-order valence-electron chi connectivity index (χ2n) is 9.32. The highest BCUT2D eigenvalue weighted by atomic mass is 19.1. The Morgan fingerprint density at radius 3 is 2.25 bits per heavy atom. The first-order chi connectivity index (χ1) is 17.6. The topological polar surface area (TPSA) is 48.4 Å². The minimum absolute atomic E-state index is 0.0237. The minimum atomic E-state index is -0.289. The maximum absolute atomic E-state index is 13.5. The van der Waals surface area contributed by atoms with Crippen LogP contribution in [0, 0.1) is 5.82 Å². The van der Waals surface area contributed by atoms with Gasteiger partial charge in [-0.3, -0.25) is 14.6 Å². The van der Waals surface area contributed by atoms with Crippen LogP contribution in [0.2, 0.25) is 0 Å². The first-order valence-electron chi connectivity index (χ1n) is 12.4. The van der Waals surface area contributed by atoms with Crippen LogP contribution in [-0.4, -0.2) is 66.3 Å². The molecule has 6 nitrogen and oxygen atoms in total. The van der Waals surface area contributed by atoms with Crippen LogP contribution in [0.3, 0.4) is 0 Å². The van der Waals surface area contributed by atoms with Crippen molar-refractivity contribution < 1.29 is 13.9 Å². The van der Waals surface area contributed by atoms with Crippen molar-refractivity contribution in [1.29, 1.82) is 0 Å². The van der Waals surface area contributed by atoms with Gasteiger partial charge in [0.05, 0.1) is 25.4 Å². The normalized spacial score (nSPS) is 18.8. The third-order valence-electron chi connectivity index (χ3n) is 6.92. The zero-order valence-corrected chi connectivity index (χ0v) is 20.5. The fourth-order valence-electron chi connectivity index (χ4n) is 4.85. The fourth-order valence-corrected chi connectivity index (χ4v) is 4.85. The second kappa shape index (κ2) is 11.0. The summed E-state index contributed by atoms with van der Waals surface area (Å²) in [5.41, 5.74) is 3.93. The van der Waals surface area contributed by atoms with Crippen molar-refractivity contribution in [3.63, 3.8) is 0 Å². The van der Waals surface area contributed by atoms with Gasteiger partial charge in [0.15, 0.2) is 0 Å². The Hall–Kier alpha value is -3.55. The largest absolute Gasteiger partial charge is 0.497 e. The lowest BCUT2D eigenvalue weighted by atomic mass is 9.98. The summed E-state index contributed by atoms with van der Waals surface area (Å²) in [6.45, 7) is 4.79. The molecule has 3 aromatic rings. The van der Waals surface area contributed by atoms with E-state index < -0.39 is 0 Å². The van der Waals surface area contributed by atoms with E-state index in [4.69, 9.17) is 9.84 Å². The summed E-state index contributed by atoms with van der Waals surface area (Å²) in [6, 6.07) is 24.3. The first kappa shape index (κ1) is 24.2. The summed E-state index contributed by atoms with van der Waals surface area (Å²) < 4.78 is 18.8. The molecule has 0 aliphatic carbocycles.